The van der Waals surface area contributed by atoms with Crippen LogP contribution < -0.4 is 23.1 Å². The van der Waals surface area contributed by atoms with E-state index in [2.05, 4.69) is 101 Å². The number of nitrogens with zero attached hydrogens (tertiary/aromatic N) is 4. The minimum absolute atomic E-state index is 0.0241. The molecule has 0 spiro atoms. The van der Waals surface area contributed by atoms with Crippen LogP contribution in [0.2, 0.25) is 44.8 Å². The molecule has 3 aromatic carbocycles. The van der Waals surface area contributed by atoms with Crippen molar-refractivity contribution in [1.82, 2.24) is 19.9 Å². The summed E-state index contributed by atoms with van der Waals surface area (Å²) in [5.41, 5.74) is 5.17. The van der Waals surface area contributed by atoms with E-state index in [-0.39, 0.29) is 23.9 Å². The highest BCUT2D eigenvalue weighted by Gasteiger charge is 2.48. The smallest absolute Gasteiger partial charge is 0.348 e. The molecule has 0 bridgehead atoms. The number of carbonyl (C=O) groups is 1. The van der Waals surface area contributed by atoms with Crippen LogP contribution in [0, 0.1) is 13.8 Å². The van der Waals surface area contributed by atoms with Crippen LogP contribution in [0.4, 0.5) is 0 Å². The van der Waals surface area contributed by atoms with Gasteiger partial charge in [0.05, 0.1) is 37.6 Å². The molecule has 382 valence electrons. The first-order valence-corrected chi connectivity index (χ1v) is 31.4. The number of halogens is 3. The first-order chi connectivity index (χ1) is 33.1. The molecular formula is C54H69BrCl2N4O7SSi2. The number of thiophene rings is 1. The molecule has 0 saturated carbocycles. The van der Waals surface area contributed by atoms with Crippen molar-refractivity contribution in [1.29, 1.82) is 0 Å². The van der Waals surface area contributed by atoms with Crippen molar-refractivity contribution in [2.24, 2.45) is 0 Å². The zero-order valence-electron chi connectivity index (χ0n) is 44.2. The highest BCUT2D eigenvalue weighted by atomic mass is 79.9. The molecule has 0 amide bonds. The summed E-state index contributed by atoms with van der Waals surface area (Å²) in [5, 5.41) is 1.39. The number of hydrogen-bond acceptors (Lipinski definition) is 12. The minimum atomic E-state index is -2.46. The van der Waals surface area contributed by atoms with Crippen molar-refractivity contribution in [3.63, 3.8) is 0 Å². The van der Waals surface area contributed by atoms with Gasteiger partial charge in [0.2, 0.25) is 20.3 Å². The molecule has 6 aromatic rings. The standard InChI is InChI=1S/C54H69BrCl2N4O7SSi2/c1-30(2)71(31(3)4,32(5)6)68-47-45(56)33(7)42(34(8)46(47)57)43-44-50(59-29-60-51(44)69-48(43)55)65-41(52(62)66-53(9,10)11)27-35-26-37(67-70(16,17)54(12,13)14)22-23-39(35)64-28-36-24-25-58-49(61-36)38-20-18-19-21-40(38)63-15/h18-26,29-32,41H,27-28H2,1-17H3/t41-/m1/s1. The van der Waals surface area contributed by atoms with Gasteiger partial charge in [-0.1, -0.05) is 97.6 Å². The molecular weight excluding hydrogens is 1060 g/mol. The monoisotopic (exact) mass is 1120 g/mol. The second-order valence-electron chi connectivity index (χ2n) is 21.4. The maximum absolute atomic E-state index is 14.6. The van der Waals surface area contributed by atoms with Crippen LogP contribution in [0.5, 0.6) is 28.9 Å². The second-order valence-corrected chi connectivity index (χ2v) is 34.6. The number of hydrogen-bond donors (Lipinski definition) is 0. The van der Waals surface area contributed by atoms with Gasteiger partial charge in [-0.15, -0.1) is 11.3 Å². The molecule has 0 aliphatic carbocycles. The summed E-state index contributed by atoms with van der Waals surface area (Å²) >= 11 is 20.1. The van der Waals surface area contributed by atoms with Gasteiger partial charge in [0, 0.05) is 23.7 Å². The van der Waals surface area contributed by atoms with E-state index < -0.39 is 34.3 Å². The first-order valence-electron chi connectivity index (χ1n) is 24.0. The number of rotatable bonds is 18. The van der Waals surface area contributed by atoms with Crippen LogP contribution in [0.25, 0.3) is 32.7 Å². The lowest BCUT2D eigenvalue weighted by atomic mass is 9.95. The molecule has 71 heavy (non-hydrogen) atoms. The predicted molar refractivity (Wildman–Crippen MR) is 298 cm³/mol. The maximum Gasteiger partial charge on any atom is 0.348 e. The van der Waals surface area contributed by atoms with Gasteiger partial charge in [0.25, 0.3) is 8.32 Å². The van der Waals surface area contributed by atoms with Gasteiger partial charge in [0.15, 0.2) is 5.82 Å². The van der Waals surface area contributed by atoms with Gasteiger partial charge < -0.3 is 27.8 Å². The summed E-state index contributed by atoms with van der Waals surface area (Å²) in [7, 11) is -3.15. The third-order valence-electron chi connectivity index (χ3n) is 13.4. The van der Waals surface area contributed by atoms with E-state index in [0.29, 0.717) is 77.0 Å². The zero-order valence-corrected chi connectivity index (χ0v) is 50.1. The lowest BCUT2D eigenvalue weighted by Crippen LogP contribution is -2.50. The van der Waals surface area contributed by atoms with E-state index in [0.717, 1.165) is 31.6 Å². The van der Waals surface area contributed by atoms with Gasteiger partial charge in [0.1, 0.15) is 46.4 Å². The van der Waals surface area contributed by atoms with Crippen LogP contribution >= 0.6 is 50.5 Å². The van der Waals surface area contributed by atoms with E-state index in [1.165, 1.54) is 17.7 Å². The molecule has 11 nitrogen and oxygen atoms in total. The molecule has 6 rings (SSSR count). The van der Waals surface area contributed by atoms with E-state index in [1.54, 1.807) is 19.4 Å². The lowest BCUT2D eigenvalue weighted by molar-refractivity contribution is -0.163. The number of para-hydroxylation sites is 1. The van der Waals surface area contributed by atoms with Gasteiger partial charge >= 0.3 is 5.97 Å². The minimum Gasteiger partial charge on any atom is -0.543 e. The van der Waals surface area contributed by atoms with E-state index in [1.807, 2.05) is 77.1 Å². The second kappa shape index (κ2) is 22.1. The summed E-state index contributed by atoms with van der Waals surface area (Å²) < 4.78 is 39.9. The SMILES string of the molecule is COc1ccccc1-c1nccc(COc2ccc(O[Si](C)(C)C(C)(C)C)cc2C[C@@H](Oc2ncnc3sc(Br)c(-c4c(C)c(Cl)c(O[Si](C(C)C)(C(C)C)C(C)C)c(Cl)c4C)c23)C(=O)OC(C)(C)C)n1. The number of carbonyl (C=O) groups excluding carboxylic acids is 1. The Morgan fingerprint density at radius 1 is 0.817 bits per heavy atom. The largest absolute Gasteiger partial charge is 0.543 e. The van der Waals surface area contributed by atoms with Crippen molar-refractivity contribution in [2.45, 2.75) is 156 Å². The number of esters is 1. The van der Waals surface area contributed by atoms with E-state index in [9.17, 15) is 4.79 Å². The number of benzene rings is 3. The zero-order chi connectivity index (χ0) is 52.5. The molecule has 0 fully saturated rings. The fourth-order valence-corrected chi connectivity index (χ4v) is 17.6. The van der Waals surface area contributed by atoms with Gasteiger partial charge in [-0.25, -0.2) is 24.7 Å². The average Bonchev–Trinajstić information content (AvgIpc) is 3.62. The first kappa shape index (κ1) is 56.0. The Bertz CT molecular complexity index is 2850. The van der Waals surface area contributed by atoms with E-state index >= 15 is 0 Å². The van der Waals surface area contributed by atoms with Crippen LogP contribution in [-0.4, -0.2) is 61.4 Å². The van der Waals surface area contributed by atoms with Crippen molar-refractivity contribution >= 4 is 83.3 Å². The molecule has 3 heterocycles. The van der Waals surface area contributed by atoms with Crippen molar-refractivity contribution in [3.8, 4) is 51.4 Å². The quantitative estimate of drug-likeness (QED) is 0.0603. The number of ether oxygens (including phenoxy) is 4. The number of methoxy groups -OCH3 is 1. The Morgan fingerprint density at radius 2 is 1.45 bits per heavy atom. The fourth-order valence-electron chi connectivity index (χ4n) is 8.95. The van der Waals surface area contributed by atoms with Crippen LogP contribution in [-0.2, 0) is 22.6 Å². The van der Waals surface area contributed by atoms with Gasteiger partial charge in [-0.3, -0.25) is 0 Å². The van der Waals surface area contributed by atoms with Crippen molar-refractivity contribution in [3.05, 3.63) is 97.3 Å². The highest BCUT2D eigenvalue weighted by molar-refractivity contribution is 9.11. The highest BCUT2D eigenvalue weighted by Crippen LogP contribution is 2.54. The summed E-state index contributed by atoms with van der Waals surface area (Å²) in [6, 6.07) is 15.1. The molecule has 17 heteroatoms. The normalized spacial score (nSPS) is 13.0. The summed E-state index contributed by atoms with van der Waals surface area (Å²) in [6.07, 6.45) is 1.94. The van der Waals surface area contributed by atoms with Crippen molar-refractivity contribution < 1.29 is 32.6 Å². The van der Waals surface area contributed by atoms with Crippen LogP contribution in [0.3, 0.4) is 0 Å². The topological polar surface area (TPSA) is 124 Å². The Labute approximate surface area is 445 Å². The Hall–Kier alpha value is -4.26. The molecule has 3 aromatic heterocycles. The summed E-state index contributed by atoms with van der Waals surface area (Å²) in [5.74, 6) is 2.42. The molecule has 0 saturated heterocycles. The fraction of sp³-hybridized carbons (Fsp3) is 0.463. The maximum atomic E-state index is 14.6. The van der Waals surface area contributed by atoms with E-state index in [4.69, 9.17) is 61.0 Å². The van der Waals surface area contributed by atoms with Crippen LogP contribution in [0.15, 0.2) is 64.8 Å². The molecule has 1 atom stereocenters. The Kier molecular flexibility index (Phi) is 17.4. The molecule has 0 radical (unpaired) electrons. The number of fused-ring (bicyclic) bond motifs is 1. The summed E-state index contributed by atoms with van der Waals surface area (Å²) in [6.45, 7) is 33.9. The predicted octanol–water partition coefficient (Wildman–Crippen LogP) is 16.4. The van der Waals surface area contributed by atoms with Crippen molar-refractivity contribution in [2.75, 3.05) is 7.11 Å². The number of aromatic nitrogens is 4. The van der Waals surface area contributed by atoms with Gasteiger partial charge in [-0.2, -0.15) is 0 Å². The lowest BCUT2D eigenvalue weighted by Gasteiger charge is -2.43. The third-order valence-corrected chi connectivity index (χ3v) is 26.4. The Morgan fingerprint density at radius 3 is 2.04 bits per heavy atom. The Balaban J connectivity index is 1.46. The average molecular weight is 1130 g/mol. The molecule has 0 N–H and O–H groups in total. The molecule has 0 unspecified atom stereocenters. The van der Waals surface area contributed by atoms with Crippen LogP contribution in [0.1, 0.15) is 105 Å². The third kappa shape index (κ3) is 12.1. The molecule has 0 aliphatic heterocycles. The molecule has 0 aliphatic rings. The summed E-state index contributed by atoms with van der Waals surface area (Å²) in [4.78, 5) is 34.0. The van der Waals surface area contributed by atoms with Gasteiger partial charge in [-0.05, 0) is 138 Å².